The molecular formula is C21H23N3O3. The molecule has 0 saturated heterocycles. The average molecular weight is 365 g/mol. The predicted octanol–water partition coefficient (Wildman–Crippen LogP) is 3.39. The summed E-state index contributed by atoms with van der Waals surface area (Å²) < 4.78 is 5.43. The number of aromatic nitrogens is 1. The minimum Gasteiger partial charge on any atom is -0.460 e. The lowest BCUT2D eigenvalue weighted by Crippen LogP contribution is -2.26. The van der Waals surface area contributed by atoms with Crippen molar-refractivity contribution in [1.29, 1.82) is 0 Å². The lowest BCUT2D eigenvalue weighted by atomic mass is 9.97. The summed E-state index contributed by atoms with van der Waals surface area (Å²) in [5.74, 6) is 3.26. The number of H-pyrrole nitrogens is 1. The fourth-order valence-corrected chi connectivity index (χ4v) is 2.65. The molecule has 1 aliphatic rings. The van der Waals surface area contributed by atoms with Crippen LogP contribution in [0.2, 0.25) is 0 Å². The van der Waals surface area contributed by atoms with Crippen LogP contribution < -0.4 is 0 Å². The van der Waals surface area contributed by atoms with E-state index in [-0.39, 0.29) is 12.6 Å². The molecule has 0 amide bonds. The number of aliphatic hydroxyl groups excluding tert-OH is 1. The summed E-state index contributed by atoms with van der Waals surface area (Å²) in [6.07, 6.45) is 0.492. The van der Waals surface area contributed by atoms with E-state index in [9.17, 15) is 9.90 Å². The van der Waals surface area contributed by atoms with Gasteiger partial charge >= 0.3 is 5.97 Å². The molecule has 3 rings (SSSR count). The lowest BCUT2D eigenvalue weighted by molar-refractivity contribution is -0.154. The van der Waals surface area contributed by atoms with Crippen LogP contribution in [0.15, 0.2) is 35.3 Å². The van der Waals surface area contributed by atoms with E-state index in [1.54, 1.807) is 20.8 Å². The number of hydrogen-bond acceptors (Lipinski definition) is 5. The first kappa shape index (κ1) is 18.7. The smallest absolute Gasteiger partial charge is 0.311 e. The van der Waals surface area contributed by atoms with E-state index in [0.717, 1.165) is 16.8 Å². The molecule has 2 heterocycles. The first-order valence-corrected chi connectivity index (χ1v) is 8.73. The highest BCUT2D eigenvalue weighted by atomic mass is 16.5. The van der Waals surface area contributed by atoms with Crippen LogP contribution in [0.3, 0.4) is 0 Å². The van der Waals surface area contributed by atoms with Crippen molar-refractivity contribution in [3.05, 3.63) is 52.7 Å². The number of carbonyl (C=O) groups excluding carboxylic acids is 1. The van der Waals surface area contributed by atoms with Gasteiger partial charge in [0.05, 0.1) is 11.0 Å². The Balaban J connectivity index is 1.83. The summed E-state index contributed by atoms with van der Waals surface area (Å²) in [5.41, 5.74) is 2.36. The Hall–Kier alpha value is -3.04. The molecule has 1 unspecified atom stereocenters. The van der Waals surface area contributed by atoms with Crippen LogP contribution in [0, 0.1) is 24.3 Å². The minimum atomic E-state index is -0.998. The summed E-state index contributed by atoms with van der Waals surface area (Å²) in [7, 11) is 0. The Labute approximate surface area is 158 Å². The number of aryl methyl sites for hydroxylation is 1. The van der Waals surface area contributed by atoms with Gasteiger partial charge in [0.15, 0.2) is 6.23 Å². The molecule has 2 N–H and O–H groups in total. The summed E-state index contributed by atoms with van der Waals surface area (Å²) in [6.45, 7) is 7.33. The van der Waals surface area contributed by atoms with E-state index < -0.39 is 11.6 Å². The van der Waals surface area contributed by atoms with Crippen LogP contribution in [0.5, 0.6) is 0 Å². The van der Waals surface area contributed by atoms with Crippen molar-refractivity contribution in [2.75, 3.05) is 0 Å². The number of hydrogen-bond donors (Lipinski definition) is 2. The van der Waals surface area contributed by atoms with Gasteiger partial charge in [0.2, 0.25) is 0 Å². The van der Waals surface area contributed by atoms with Crippen molar-refractivity contribution in [3.63, 3.8) is 0 Å². The fraction of sp³-hybridized carbons (Fsp3) is 0.333. The molecule has 0 aliphatic carbocycles. The molecular weight excluding hydrogens is 342 g/mol. The van der Waals surface area contributed by atoms with Crippen molar-refractivity contribution in [2.24, 2.45) is 10.4 Å². The van der Waals surface area contributed by atoms with Gasteiger partial charge < -0.3 is 14.8 Å². The zero-order valence-electron chi connectivity index (χ0n) is 15.9. The number of fused-ring (bicyclic) bond motifs is 1. The summed E-state index contributed by atoms with van der Waals surface area (Å²) in [4.78, 5) is 21.0. The number of benzene rings is 1. The van der Waals surface area contributed by atoms with Crippen LogP contribution in [-0.4, -0.2) is 27.3 Å². The van der Waals surface area contributed by atoms with Gasteiger partial charge in [-0.25, -0.2) is 4.99 Å². The van der Waals surface area contributed by atoms with E-state index in [4.69, 9.17) is 4.74 Å². The zero-order chi connectivity index (χ0) is 19.6. The van der Waals surface area contributed by atoms with Gasteiger partial charge in [0.1, 0.15) is 18.8 Å². The number of nitrogens with zero attached hydrogens (tertiary/aromatic N) is 2. The molecule has 2 aromatic rings. The maximum absolute atomic E-state index is 12.1. The molecule has 0 saturated carbocycles. The van der Waals surface area contributed by atoms with Crippen molar-refractivity contribution < 1.29 is 14.6 Å². The monoisotopic (exact) mass is 365 g/mol. The minimum absolute atomic E-state index is 0.0697. The first-order chi connectivity index (χ1) is 12.8. The molecule has 6 heteroatoms. The molecule has 1 aliphatic heterocycles. The number of carbonyl (C=O) groups is 1. The highest BCUT2D eigenvalue weighted by Crippen LogP contribution is 2.36. The molecule has 27 heavy (non-hydrogen) atoms. The third kappa shape index (κ3) is 4.04. The van der Waals surface area contributed by atoms with Crippen LogP contribution in [0.1, 0.15) is 49.4 Å². The second-order valence-electron chi connectivity index (χ2n) is 7.45. The van der Waals surface area contributed by atoms with Gasteiger partial charge in [0.25, 0.3) is 0 Å². The highest BCUT2D eigenvalue weighted by Gasteiger charge is 2.30. The van der Waals surface area contributed by atoms with Gasteiger partial charge in [-0.05, 0) is 45.7 Å². The van der Waals surface area contributed by atoms with E-state index in [1.807, 2.05) is 37.3 Å². The van der Waals surface area contributed by atoms with E-state index in [0.29, 0.717) is 11.4 Å². The molecule has 0 spiro atoms. The van der Waals surface area contributed by atoms with Gasteiger partial charge in [-0.15, -0.1) is 0 Å². The number of nitrogens with one attached hydrogen (secondary N) is 1. The molecule has 1 atom stereocenters. The topological polar surface area (TPSA) is 77.9 Å². The Kier molecular flexibility index (Phi) is 5.06. The number of aliphatic hydroxyl groups is 1. The zero-order valence-corrected chi connectivity index (χ0v) is 15.9. The van der Waals surface area contributed by atoms with Crippen molar-refractivity contribution in [3.8, 4) is 12.0 Å². The third-order valence-corrected chi connectivity index (χ3v) is 4.23. The van der Waals surface area contributed by atoms with Crippen molar-refractivity contribution >= 4 is 18.1 Å². The summed E-state index contributed by atoms with van der Waals surface area (Å²) >= 11 is 0. The Bertz CT molecular complexity index is 927. The van der Waals surface area contributed by atoms with E-state index in [1.165, 1.54) is 11.2 Å². The number of rotatable bonds is 2. The standard InChI is InChI=1S/C21H23N3O3/c1-14-16(12-27-20(26)21(2,3)4)17-18(23-14)22-13-24(19(17)25)11-10-15-8-6-5-7-9-15/h5-9,13,19,23,25H,12H2,1-4H3. The SMILES string of the molecule is Cc1[nH]c2c(c1COC(=O)C(C)(C)C)C(O)N(C#Cc1ccccc1)C=N2. The molecule has 0 bridgehead atoms. The molecule has 1 aromatic carbocycles. The number of esters is 1. The predicted molar refractivity (Wildman–Crippen MR) is 103 cm³/mol. The van der Waals surface area contributed by atoms with Gasteiger partial charge in [-0.3, -0.25) is 9.69 Å². The number of ether oxygens (including phenoxy) is 1. The molecule has 6 nitrogen and oxygen atoms in total. The number of aromatic amines is 1. The van der Waals surface area contributed by atoms with E-state index >= 15 is 0 Å². The summed E-state index contributed by atoms with van der Waals surface area (Å²) in [6, 6.07) is 12.4. The Morgan fingerprint density at radius 2 is 2.04 bits per heavy atom. The second-order valence-corrected chi connectivity index (χ2v) is 7.45. The van der Waals surface area contributed by atoms with Crippen LogP contribution in [0.4, 0.5) is 5.82 Å². The van der Waals surface area contributed by atoms with Crippen molar-refractivity contribution in [1.82, 2.24) is 9.88 Å². The normalized spacial score (nSPS) is 15.7. The summed E-state index contributed by atoms with van der Waals surface area (Å²) in [5, 5.41) is 10.8. The van der Waals surface area contributed by atoms with Gasteiger partial charge in [-0.1, -0.05) is 18.2 Å². The maximum Gasteiger partial charge on any atom is 0.311 e. The fourth-order valence-electron chi connectivity index (χ4n) is 2.65. The molecule has 0 radical (unpaired) electrons. The maximum atomic E-state index is 12.1. The van der Waals surface area contributed by atoms with Crippen molar-refractivity contribution in [2.45, 2.75) is 40.5 Å². The average Bonchev–Trinajstić information content (AvgIpc) is 2.95. The van der Waals surface area contributed by atoms with E-state index in [2.05, 4.69) is 21.9 Å². The lowest BCUT2D eigenvalue weighted by Gasteiger charge is -2.24. The second kappa shape index (κ2) is 7.29. The van der Waals surface area contributed by atoms with Crippen LogP contribution in [-0.2, 0) is 16.1 Å². The Morgan fingerprint density at radius 3 is 2.70 bits per heavy atom. The van der Waals surface area contributed by atoms with Gasteiger partial charge in [-0.2, -0.15) is 0 Å². The largest absolute Gasteiger partial charge is 0.460 e. The molecule has 0 fully saturated rings. The molecule has 140 valence electrons. The number of aliphatic imine (C=N–C) groups is 1. The third-order valence-electron chi connectivity index (χ3n) is 4.23. The van der Waals surface area contributed by atoms with Crippen LogP contribution >= 0.6 is 0 Å². The Morgan fingerprint density at radius 1 is 1.33 bits per heavy atom. The van der Waals surface area contributed by atoms with Gasteiger partial charge in [0, 0.05) is 22.9 Å². The quantitative estimate of drug-likeness (QED) is 0.632. The highest BCUT2D eigenvalue weighted by molar-refractivity contribution is 5.75. The molecule has 1 aromatic heterocycles. The first-order valence-electron chi connectivity index (χ1n) is 8.73. The van der Waals surface area contributed by atoms with Crippen LogP contribution in [0.25, 0.3) is 0 Å².